The second kappa shape index (κ2) is 7.04. The number of fused-ring (bicyclic) bond motifs is 1. The first-order valence-electron chi connectivity index (χ1n) is 6.32. The van der Waals surface area contributed by atoms with Crippen molar-refractivity contribution in [1.29, 1.82) is 0 Å². The Morgan fingerprint density at radius 3 is 2.86 bits per heavy atom. The van der Waals surface area contributed by atoms with E-state index in [0.29, 0.717) is 17.7 Å². The van der Waals surface area contributed by atoms with Gasteiger partial charge in [0.15, 0.2) is 5.75 Å². The maximum atomic E-state index is 10.9. The highest BCUT2D eigenvalue weighted by molar-refractivity contribution is 9.11. The molecule has 6 heteroatoms. The molecule has 0 bridgehead atoms. The third-order valence-corrected chi connectivity index (χ3v) is 4.21. The molecule has 110 valence electrons. The Hall–Kier alpha value is -1.40. The van der Waals surface area contributed by atoms with E-state index in [-0.39, 0.29) is 6.61 Å². The van der Waals surface area contributed by atoms with Crippen LogP contribution in [0, 0.1) is 0 Å². The molecule has 2 rings (SSSR count). The smallest absolute Gasteiger partial charge is 0.331 e. The Morgan fingerprint density at radius 2 is 2.19 bits per heavy atom. The van der Waals surface area contributed by atoms with Gasteiger partial charge in [-0.3, -0.25) is 4.98 Å². The zero-order chi connectivity index (χ0) is 15.4. The summed E-state index contributed by atoms with van der Waals surface area (Å²) in [6.45, 7) is 1.98. The van der Waals surface area contributed by atoms with E-state index in [1.165, 1.54) is 0 Å². The average Bonchev–Trinajstić information content (AvgIpc) is 2.46. The van der Waals surface area contributed by atoms with Crippen LogP contribution in [0.25, 0.3) is 10.9 Å². The number of pyridine rings is 1. The van der Waals surface area contributed by atoms with Crippen LogP contribution < -0.4 is 4.74 Å². The van der Waals surface area contributed by atoms with Gasteiger partial charge < -0.3 is 9.84 Å². The minimum atomic E-state index is -0.918. The fourth-order valence-corrected chi connectivity index (χ4v) is 3.28. The quantitative estimate of drug-likeness (QED) is 0.728. The number of carboxylic acid groups (broad SMARTS) is 1. The van der Waals surface area contributed by atoms with Crippen molar-refractivity contribution in [2.75, 3.05) is 6.61 Å². The molecule has 1 heterocycles. The van der Waals surface area contributed by atoms with Gasteiger partial charge >= 0.3 is 5.97 Å². The summed E-state index contributed by atoms with van der Waals surface area (Å²) in [6, 6.07) is 5.68. The number of ether oxygens (including phenoxy) is 1. The minimum Gasteiger partial charge on any atom is -0.486 e. The second-order valence-corrected chi connectivity index (χ2v) is 5.98. The first-order chi connectivity index (χ1) is 10.0. The number of rotatable bonds is 5. The molecule has 0 spiro atoms. The Morgan fingerprint density at radius 1 is 1.43 bits per heavy atom. The first-order valence-corrected chi connectivity index (χ1v) is 7.91. The van der Waals surface area contributed by atoms with Gasteiger partial charge in [-0.15, -0.1) is 0 Å². The second-order valence-electron chi connectivity index (χ2n) is 4.27. The standard InChI is InChI=1S/C15H13Br2NO3/c1-2-9(15(19)20)5-7-21-14-12(17)8-11(16)10-4-3-6-18-13(10)14/h3-6,8H,2,7H2,1H3,(H,19,20). The van der Waals surface area contributed by atoms with Crippen molar-refractivity contribution in [3.8, 4) is 5.75 Å². The lowest BCUT2D eigenvalue weighted by molar-refractivity contribution is -0.132. The summed E-state index contributed by atoms with van der Waals surface area (Å²) in [5.74, 6) is -0.315. The molecule has 21 heavy (non-hydrogen) atoms. The van der Waals surface area contributed by atoms with Crippen LogP contribution in [0.2, 0.25) is 0 Å². The molecule has 1 aromatic heterocycles. The molecule has 0 aliphatic heterocycles. The average molecular weight is 415 g/mol. The molecule has 4 nitrogen and oxygen atoms in total. The van der Waals surface area contributed by atoms with Crippen LogP contribution in [0.4, 0.5) is 0 Å². The van der Waals surface area contributed by atoms with E-state index >= 15 is 0 Å². The van der Waals surface area contributed by atoms with Gasteiger partial charge in [0.05, 0.1) is 4.47 Å². The number of carboxylic acids is 1. The Bertz CT molecular complexity index is 713. The summed E-state index contributed by atoms with van der Waals surface area (Å²) >= 11 is 6.94. The Labute approximate surface area is 139 Å². The predicted octanol–water partition coefficient (Wildman–Crippen LogP) is 4.56. The lowest BCUT2D eigenvalue weighted by Gasteiger charge is -2.11. The zero-order valence-corrected chi connectivity index (χ0v) is 14.4. The molecule has 1 aromatic carbocycles. The van der Waals surface area contributed by atoms with Crippen LogP contribution in [0.5, 0.6) is 5.75 Å². The van der Waals surface area contributed by atoms with Crippen LogP contribution in [-0.4, -0.2) is 22.7 Å². The summed E-state index contributed by atoms with van der Waals surface area (Å²) in [6.07, 6.45) is 3.73. The van der Waals surface area contributed by atoms with E-state index < -0.39 is 5.97 Å². The summed E-state index contributed by atoms with van der Waals surface area (Å²) < 4.78 is 7.40. The number of aliphatic carboxylic acids is 1. The van der Waals surface area contributed by atoms with E-state index in [4.69, 9.17) is 9.84 Å². The third kappa shape index (κ3) is 3.63. The van der Waals surface area contributed by atoms with Crippen molar-refractivity contribution < 1.29 is 14.6 Å². The van der Waals surface area contributed by atoms with Crippen molar-refractivity contribution in [3.05, 3.63) is 45.0 Å². The Kier molecular flexibility index (Phi) is 5.36. The SMILES string of the molecule is CCC(=CCOc1c(Br)cc(Br)c2cccnc12)C(=O)O. The number of carbonyl (C=O) groups is 1. The molecule has 0 aliphatic rings. The van der Waals surface area contributed by atoms with Crippen LogP contribution in [0.3, 0.4) is 0 Å². The van der Waals surface area contributed by atoms with E-state index in [1.807, 2.05) is 18.2 Å². The fraction of sp³-hybridized carbons (Fsp3) is 0.200. The van der Waals surface area contributed by atoms with Crippen molar-refractivity contribution in [2.24, 2.45) is 0 Å². The number of halogens is 2. The summed E-state index contributed by atoms with van der Waals surface area (Å²) in [5.41, 5.74) is 1.06. The van der Waals surface area contributed by atoms with Gasteiger partial charge in [-0.25, -0.2) is 4.79 Å². The summed E-state index contributed by atoms with van der Waals surface area (Å²) in [7, 11) is 0. The normalized spacial score (nSPS) is 11.7. The summed E-state index contributed by atoms with van der Waals surface area (Å²) in [4.78, 5) is 15.3. The highest BCUT2D eigenvalue weighted by Gasteiger charge is 2.12. The maximum Gasteiger partial charge on any atom is 0.331 e. The van der Waals surface area contributed by atoms with Gasteiger partial charge in [-0.05, 0) is 40.6 Å². The number of aromatic nitrogens is 1. The van der Waals surface area contributed by atoms with E-state index in [1.54, 1.807) is 19.2 Å². The van der Waals surface area contributed by atoms with Crippen LogP contribution >= 0.6 is 31.9 Å². The van der Waals surface area contributed by atoms with Crippen molar-refractivity contribution in [3.63, 3.8) is 0 Å². The van der Waals surface area contributed by atoms with Gasteiger partial charge in [-0.2, -0.15) is 0 Å². The van der Waals surface area contributed by atoms with Crippen molar-refractivity contribution >= 4 is 48.7 Å². The molecule has 0 saturated heterocycles. The molecule has 0 amide bonds. The molecule has 0 atom stereocenters. The zero-order valence-electron chi connectivity index (χ0n) is 11.3. The molecule has 2 aromatic rings. The van der Waals surface area contributed by atoms with Gasteiger partial charge in [-0.1, -0.05) is 28.9 Å². The number of benzene rings is 1. The number of nitrogens with zero attached hydrogens (tertiary/aromatic N) is 1. The molecular formula is C15H13Br2NO3. The molecule has 0 saturated carbocycles. The number of hydrogen-bond acceptors (Lipinski definition) is 3. The molecule has 0 radical (unpaired) electrons. The lowest BCUT2D eigenvalue weighted by Crippen LogP contribution is -2.03. The topological polar surface area (TPSA) is 59.4 Å². The molecule has 1 N–H and O–H groups in total. The largest absolute Gasteiger partial charge is 0.486 e. The predicted molar refractivity (Wildman–Crippen MR) is 88.6 cm³/mol. The monoisotopic (exact) mass is 413 g/mol. The fourth-order valence-electron chi connectivity index (χ4n) is 1.89. The highest BCUT2D eigenvalue weighted by atomic mass is 79.9. The molecule has 0 fully saturated rings. The van der Waals surface area contributed by atoms with Gasteiger partial charge in [0.2, 0.25) is 0 Å². The molecular weight excluding hydrogens is 402 g/mol. The number of hydrogen-bond donors (Lipinski definition) is 1. The van der Waals surface area contributed by atoms with E-state index in [0.717, 1.165) is 19.8 Å². The van der Waals surface area contributed by atoms with Gasteiger partial charge in [0, 0.05) is 21.6 Å². The van der Waals surface area contributed by atoms with E-state index in [2.05, 4.69) is 36.8 Å². The highest BCUT2D eigenvalue weighted by Crippen LogP contribution is 2.37. The molecule has 0 aliphatic carbocycles. The third-order valence-electron chi connectivity index (χ3n) is 2.96. The van der Waals surface area contributed by atoms with E-state index in [9.17, 15) is 4.79 Å². The first kappa shape index (κ1) is 16.0. The Balaban J connectivity index is 2.33. The van der Waals surface area contributed by atoms with Crippen LogP contribution in [0.1, 0.15) is 13.3 Å². The van der Waals surface area contributed by atoms with Crippen molar-refractivity contribution in [2.45, 2.75) is 13.3 Å². The van der Waals surface area contributed by atoms with Gasteiger partial charge in [0.1, 0.15) is 12.1 Å². The minimum absolute atomic E-state index is 0.182. The van der Waals surface area contributed by atoms with Gasteiger partial charge in [0.25, 0.3) is 0 Å². The molecule has 0 unspecified atom stereocenters. The van der Waals surface area contributed by atoms with Crippen molar-refractivity contribution in [1.82, 2.24) is 4.98 Å². The lowest BCUT2D eigenvalue weighted by atomic mass is 10.2. The van der Waals surface area contributed by atoms with Crippen LogP contribution in [0.15, 0.2) is 45.0 Å². The van der Waals surface area contributed by atoms with Crippen LogP contribution in [-0.2, 0) is 4.79 Å². The summed E-state index contributed by atoms with van der Waals surface area (Å²) in [5, 5.41) is 9.92. The maximum absolute atomic E-state index is 10.9.